The highest BCUT2D eigenvalue weighted by molar-refractivity contribution is 7.20. The third-order valence-corrected chi connectivity index (χ3v) is 3.11. The van der Waals surface area contributed by atoms with E-state index in [4.69, 9.17) is 0 Å². The molecule has 0 aliphatic carbocycles. The van der Waals surface area contributed by atoms with Gasteiger partial charge in [0.2, 0.25) is 0 Å². The Morgan fingerprint density at radius 3 is 2.80 bits per heavy atom. The van der Waals surface area contributed by atoms with Crippen LogP contribution in [0.4, 0.5) is 0 Å². The van der Waals surface area contributed by atoms with Crippen molar-refractivity contribution in [2.24, 2.45) is 0 Å². The van der Waals surface area contributed by atoms with E-state index < -0.39 is 0 Å². The van der Waals surface area contributed by atoms with Gasteiger partial charge in [-0.15, -0.1) is 22.7 Å². The zero-order chi connectivity index (χ0) is 6.81. The van der Waals surface area contributed by atoms with Gasteiger partial charge in [-0.3, -0.25) is 0 Å². The maximum atomic E-state index is 3.04. The summed E-state index contributed by atoms with van der Waals surface area (Å²) < 4.78 is 0. The van der Waals surface area contributed by atoms with Crippen LogP contribution in [0.2, 0.25) is 0 Å². The number of rotatable bonds is 1. The molecule has 1 radical (unpaired) electrons. The van der Waals surface area contributed by atoms with Crippen LogP contribution in [0.1, 0.15) is 0 Å². The first kappa shape index (κ1) is 6.13. The van der Waals surface area contributed by atoms with Gasteiger partial charge in [0.1, 0.15) is 0 Å². The molecule has 0 aliphatic rings. The Bertz CT molecular complexity index is 247. The van der Waals surface area contributed by atoms with Crippen molar-refractivity contribution in [3.8, 4) is 9.75 Å². The summed E-state index contributed by atoms with van der Waals surface area (Å²) >= 11 is 3.51. The normalized spacial score (nSPS) is 10.0. The van der Waals surface area contributed by atoms with Crippen LogP contribution in [0.3, 0.4) is 0 Å². The lowest BCUT2D eigenvalue weighted by Crippen LogP contribution is -1.55. The summed E-state index contributed by atoms with van der Waals surface area (Å²) in [6, 6.07) is 9.27. The van der Waals surface area contributed by atoms with Crippen molar-refractivity contribution in [2.45, 2.75) is 0 Å². The molecule has 0 saturated carbocycles. The standard InChI is InChI=1S/C8H5S2/c1-3-7(9-5-1)8-4-2-6-10-8/h1,3-6H. The molecule has 0 atom stereocenters. The molecule has 0 aliphatic heterocycles. The highest BCUT2D eigenvalue weighted by Crippen LogP contribution is 2.27. The van der Waals surface area contributed by atoms with Crippen molar-refractivity contribution in [2.75, 3.05) is 0 Å². The highest BCUT2D eigenvalue weighted by Gasteiger charge is 1.96. The molecule has 2 aromatic rings. The molecule has 49 valence electrons. The minimum absolute atomic E-state index is 1.31. The first-order chi connectivity index (χ1) is 4.97. The van der Waals surface area contributed by atoms with E-state index in [0.717, 1.165) is 0 Å². The van der Waals surface area contributed by atoms with Crippen LogP contribution in [-0.4, -0.2) is 0 Å². The Morgan fingerprint density at radius 2 is 2.20 bits per heavy atom. The zero-order valence-corrected chi connectivity index (χ0v) is 6.84. The molecular formula is C8H5S2. The predicted molar refractivity (Wildman–Crippen MR) is 46.5 cm³/mol. The second-order valence-electron chi connectivity index (χ2n) is 1.89. The Kier molecular flexibility index (Phi) is 1.57. The molecular weight excluding hydrogens is 160 g/mol. The molecule has 0 spiro atoms. The minimum Gasteiger partial charge on any atom is -0.143 e. The van der Waals surface area contributed by atoms with Crippen LogP contribution in [0, 0.1) is 6.07 Å². The molecule has 0 fully saturated rings. The molecule has 2 heterocycles. The maximum Gasteiger partial charge on any atom is 0.0448 e. The van der Waals surface area contributed by atoms with Crippen LogP contribution in [0.25, 0.3) is 9.75 Å². The van der Waals surface area contributed by atoms with Crippen molar-refractivity contribution in [1.82, 2.24) is 0 Å². The molecule has 0 saturated heterocycles. The summed E-state index contributed by atoms with van der Waals surface area (Å²) in [7, 11) is 0. The summed E-state index contributed by atoms with van der Waals surface area (Å²) in [6.07, 6.45) is 0. The Balaban J connectivity index is 2.48. The summed E-state index contributed by atoms with van der Waals surface area (Å²) in [5.74, 6) is 0. The first-order valence-corrected chi connectivity index (χ1v) is 4.71. The van der Waals surface area contributed by atoms with Crippen LogP contribution in [0.5, 0.6) is 0 Å². The monoisotopic (exact) mass is 165 g/mol. The molecule has 0 aromatic carbocycles. The lowest BCUT2D eigenvalue weighted by molar-refractivity contribution is 1.92. The van der Waals surface area contributed by atoms with Gasteiger partial charge in [0.25, 0.3) is 0 Å². The number of hydrogen-bond donors (Lipinski definition) is 0. The second-order valence-corrected chi connectivity index (χ2v) is 3.75. The van der Waals surface area contributed by atoms with Crippen LogP contribution in [-0.2, 0) is 0 Å². The summed E-state index contributed by atoms with van der Waals surface area (Å²) in [5.41, 5.74) is 0. The first-order valence-electron chi connectivity index (χ1n) is 2.95. The van der Waals surface area contributed by atoms with Gasteiger partial charge in [-0.05, 0) is 29.0 Å². The third kappa shape index (κ3) is 1.00. The van der Waals surface area contributed by atoms with Gasteiger partial charge in [-0.25, -0.2) is 0 Å². The van der Waals surface area contributed by atoms with E-state index in [1.807, 2.05) is 11.4 Å². The Labute approximate surface area is 67.8 Å². The van der Waals surface area contributed by atoms with Crippen LogP contribution in [0.15, 0.2) is 29.0 Å². The summed E-state index contributed by atoms with van der Waals surface area (Å²) in [4.78, 5) is 2.65. The topological polar surface area (TPSA) is 0 Å². The molecule has 2 heteroatoms. The van der Waals surface area contributed by atoms with E-state index >= 15 is 0 Å². The Hall–Kier alpha value is -0.600. The van der Waals surface area contributed by atoms with Crippen LogP contribution < -0.4 is 0 Å². The van der Waals surface area contributed by atoms with E-state index in [-0.39, 0.29) is 0 Å². The fraction of sp³-hybridized carbons (Fsp3) is 0. The molecule has 2 aromatic heterocycles. The van der Waals surface area contributed by atoms with Gasteiger partial charge in [-0.2, -0.15) is 0 Å². The summed E-state index contributed by atoms with van der Waals surface area (Å²) in [5, 5.41) is 4.07. The lowest BCUT2D eigenvalue weighted by atomic mass is 10.4. The van der Waals surface area contributed by atoms with Crippen molar-refractivity contribution in [3.63, 3.8) is 0 Å². The number of hydrogen-bond acceptors (Lipinski definition) is 2. The quantitative estimate of drug-likeness (QED) is 0.608. The molecule has 2 rings (SSSR count). The van der Waals surface area contributed by atoms with E-state index in [1.54, 1.807) is 22.7 Å². The lowest BCUT2D eigenvalue weighted by Gasteiger charge is -1.84. The largest absolute Gasteiger partial charge is 0.143 e. The third-order valence-electron chi connectivity index (χ3n) is 1.23. The van der Waals surface area contributed by atoms with Gasteiger partial charge < -0.3 is 0 Å². The average Bonchev–Trinajstić information content (AvgIpc) is 2.59. The van der Waals surface area contributed by atoms with Gasteiger partial charge in [0, 0.05) is 9.75 Å². The van der Waals surface area contributed by atoms with Crippen molar-refractivity contribution < 1.29 is 0 Å². The van der Waals surface area contributed by atoms with Gasteiger partial charge in [0.15, 0.2) is 0 Å². The van der Waals surface area contributed by atoms with Gasteiger partial charge >= 0.3 is 0 Å². The fourth-order valence-electron chi connectivity index (χ4n) is 0.789. The average molecular weight is 165 g/mol. The van der Waals surface area contributed by atoms with E-state index in [2.05, 4.69) is 23.6 Å². The predicted octanol–water partition coefficient (Wildman–Crippen LogP) is 3.28. The molecule has 0 unspecified atom stereocenters. The molecule has 10 heavy (non-hydrogen) atoms. The molecule has 0 amide bonds. The smallest absolute Gasteiger partial charge is 0.0448 e. The molecule has 0 bridgehead atoms. The minimum atomic E-state index is 1.31. The fourth-order valence-corrected chi connectivity index (χ4v) is 2.30. The van der Waals surface area contributed by atoms with Crippen molar-refractivity contribution in [3.05, 3.63) is 35.0 Å². The second kappa shape index (κ2) is 2.56. The van der Waals surface area contributed by atoms with E-state index in [1.165, 1.54) is 9.75 Å². The van der Waals surface area contributed by atoms with Crippen molar-refractivity contribution >= 4 is 22.7 Å². The maximum absolute atomic E-state index is 3.04. The van der Waals surface area contributed by atoms with Crippen molar-refractivity contribution in [1.29, 1.82) is 0 Å². The molecule has 0 N–H and O–H groups in total. The SMILES string of the molecule is [c]1csc(-c2cccs2)c1. The van der Waals surface area contributed by atoms with E-state index in [9.17, 15) is 0 Å². The highest BCUT2D eigenvalue weighted by atomic mass is 32.1. The van der Waals surface area contributed by atoms with Gasteiger partial charge in [0.05, 0.1) is 0 Å². The Morgan fingerprint density at radius 1 is 1.20 bits per heavy atom. The van der Waals surface area contributed by atoms with E-state index in [0.29, 0.717) is 0 Å². The zero-order valence-electron chi connectivity index (χ0n) is 5.20. The molecule has 0 nitrogen and oxygen atoms in total. The number of thiophene rings is 2. The van der Waals surface area contributed by atoms with Gasteiger partial charge in [-0.1, -0.05) is 6.07 Å². The summed E-state index contributed by atoms with van der Waals surface area (Å²) in [6.45, 7) is 0. The van der Waals surface area contributed by atoms with Crippen LogP contribution >= 0.6 is 22.7 Å².